The van der Waals surface area contributed by atoms with Gasteiger partial charge in [-0.25, -0.2) is 4.98 Å². The van der Waals surface area contributed by atoms with Gasteiger partial charge in [0.05, 0.1) is 4.92 Å². The Morgan fingerprint density at radius 2 is 2.47 bits per heavy atom. The molecule has 0 aliphatic rings. The van der Waals surface area contributed by atoms with Crippen LogP contribution >= 0.6 is 27.3 Å². The van der Waals surface area contributed by atoms with Crippen LogP contribution < -0.4 is 5.32 Å². The van der Waals surface area contributed by atoms with E-state index in [0.29, 0.717) is 12.4 Å². The van der Waals surface area contributed by atoms with Crippen molar-refractivity contribution in [3.05, 3.63) is 37.1 Å². The second-order valence-corrected chi connectivity index (χ2v) is 5.84. The van der Waals surface area contributed by atoms with Crippen LogP contribution in [0, 0.1) is 10.1 Å². The summed E-state index contributed by atoms with van der Waals surface area (Å²) in [7, 11) is 3.51. The standard InChI is InChI=1S/C9H13BrN4O2S/c1-13(2)8(6-14(15)16)11-4-3-7-5-12-9(10)17-7/h5-6,11H,3-4H2,1-2H3/b8-6+. The van der Waals surface area contributed by atoms with Crippen molar-refractivity contribution in [1.82, 2.24) is 15.2 Å². The largest absolute Gasteiger partial charge is 0.366 e. The summed E-state index contributed by atoms with van der Waals surface area (Å²) in [4.78, 5) is 16.8. The van der Waals surface area contributed by atoms with Crippen molar-refractivity contribution in [2.24, 2.45) is 0 Å². The Kier molecular flexibility index (Phi) is 5.36. The zero-order valence-corrected chi connectivity index (χ0v) is 11.9. The molecular formula is C9H13BrN4O2S. The van der Waals surface area contributed by atoms with Crippen molar-refractivity contribution < 1.29 is 4.92 Å². The first-order chi connectivity index (χ1) is 7.99. The maximum atomic E-state index is 10.4. The maximum absolute atomic E-state index is 10.4. The quantitative estimate of drug-likeness (QED) is 0.637. The van der Waals surface area contributed by atoms with Crippen molar-refractivity contribution in [2.45, 2.75) is 6.42 Å². The first kappa shape index (κ1) is 13.9. The van der Waals surface area contributed by atoms with Gasteiger partial charge in [-0.2, -0.15) is 0 Å². The van der Waals surface area contributed by atoms with E-state index in [1.807, 2.05) is 0 Å². The summed E-state index contributed by atoms with van der Waals surface area (Å²) in [5, 5.41) is 13.4. The highest BCUT2D eigenvalue weighted by Crippen LogP contribution is 2.18. The first-order valence-corrected chi connectivity index (χ1v) is 6.46. The lowest BCUT2D eigenvalue weighted by molar-refractivity contribution is -0.404. The van der Waals surface area contributed by atoms with Crippen LogP contribution in [-0.4, -0.2) is 35.4 Å². The normalized spacial score (nSPS) is 11.4. The summed E-state index contributed by atoms with van der Waals surface area (Å²) in [5.74, 6) is 0.485. The van der Waals surface area contributed by atoms with E-state index in [1.54, 1.807) is 36.5 Å². The molecule has 6 nitrogen and oxygen atoms in total. The van der Waals surface area contributed by atoms with Gasteiger partial charge in [0, 0.05) is 38.1 Å². The molecule has 0 aliphatic heterocycles. The minimum Gasteiger partial charge on any atom is -0.366 e. The highest BCUT2D eigenvalue weighted by atomic mass is 79.9. The monoisotopic (exact) mass is 320 g/mol. The highest BCUT2D eigenvalue weighted by molar-refractivity contribution is 9.11. The third-order valence-electron chi connectivity index (χ3n) is 1.91. The molecule has 17 heavy (non-hydrogen) atoms. The molecule has 0 saturated carbocycles. The molecule has 0 aromatic carbocycles. The predicted molar refractivity (Wildman–Crippen MR) is 70.3 cm³/mol. The SMILES string of the molecule is CN(C)/C(=C/[N+](=O)[O-])NCCc1cnc(Br)s1. The molecule has 1 rings (SSSR count). The Hall–Kier alpha value is -1.15. The summed E-state index contributed by atoms with van der Waals surface area (Å²) >= 11 is 4.85. The number of nitrogens with one attached hydrogen (secondary N) is 1. The van der Waals surface area contributed by atoms with Gasteiger partial charge in [-0.15, -0.1) is 11.3 Å². The van der Waals surface area contributed by atoms with E-state index in [2.05, 4.69) is 26.2 Å². The van der Waals surface area contributed by atoms with Crippen molar-refractivity contribution >= 4 is 27.3 Å². The Balaban J connectivity index is 2.45. The first-order valence-electron chi connectivity index (χ1n) is 4.85. The van der Waals surface area contributed by atoms with E-state index in [4.69, 9.17) is 0 Å². The van der Waals surface area contributed by atoms with Crippen molar-refractivity contribution in [3.63, 3.8) is 0 Å². The smallest absolute Gasteiger partial charge is 0.274 e. The fraction of sp³-hybridized carbons (Fsp3) is 0.444. The Labute approximate surface area is 112 Å². The van der Waals surface area contributed by atoms with Gasteiger partial charge in [-0.3, -0.25) is 10.1 Å². The molecule has 1 heterocycles. The molecule has 0 fully saturated rings. The molecule has 1 N–H and O–H groups in total. The Bertz CT molecular complexity index is 419. The predicted octanol–water partition coefficient (Wildman–Crippen LogP) is 1.67. The summed E-state index contributed by atoms with van der Waals surface area (Å²) < 4.78 is 0.848. The lowest BCUT2D eigenvalue weighted by Gasteiger charge is -2.15. The zero-order chi connectivity index (χ0) is 12.8. The minimum atomic E-state index is -0.467. The van der Waals surface area contributed by atoms with Crippen LogP contribution in [0.5, 0.6) is 0 Å². The van der Waals surface area contributed by atoms with Crippen molar-refractivity contribution in [3.8, 4) is 0 Å². The maximum Gasteiger partial charge on any atom is 0.274 e. The van der Waals surface area contributed by atoms with Gasteiger partial charge in [0.25, 0.3) is 6.20 Å². The number of hydrogen-bond donors (Lipinski definition) is 1. The lowest BCUT2D eigenvalue weighted by atomic mass is 10.4. The second kappa shape index (κ2) is 6.55. The topological polar surface area (TPSA) is 71.3 Å². The van der Waals surface area contributed by atoms with Crippen LogP contribution in [0.1, 0.15) is 4.88 Å². The average Bonchev–Trinajstić information content (AvgIpc) is 2.62. The Morgan fingerprint density at radius 1 is 1.76 bits per heavy atom. The van der Waals surface area contributed by atoms with Crippen LogP contribution in [0.4, 0.5) is 0 Å². The van der Waals surface area contributed by atoms with Gasteiger partial charge in [-0.1, -0.05) is 0 Å². The fourth-order valence-corrected chi connectivity index (χ4v) is 2.49. The number of nitro groups is 1. The van der Waals surface area contributed by atoms with E-state index in [0.717, 1.165) is 21.4 Å². The molecular weight excluding hydrogens is 308 g/mol. The third kappa shape index (κ3) is 5.14. The van der Waals surface area contributed by atoms with Crippen LogP contribution in [0.2, 0.25) is 0 Å². The lowest BCUT2D eigenvalue weighted by Crippen LogP contribution is -2.28. The molecule has 0 saturated heterocycles. The van der Waals surface area contributed by atoms with Crippen molar-refractivity contribution in [2.75, 3.05) is 20.6 Å². The molecule has 8 heteroatoms. The molecule has 1 aromatic heterocycles. The Morgan fingerprint density at radius 3 is 2.94 bits per heavy atom. The van der Waals surface area contributed by atoms with Gasteiger partial charge in [0.2, 0.25) is 0 Å². The molecule has 0 aliphatic carbocycles. The highest BCUT2D eigenvalue weighted by Gasteiger charge is 2.05. The van der Waals surface area contributed by atoms with Crippen LogP contribution in [0.25, 0.3) is 0 Å². The molecule has 0 unspecified atom stereocenters. The molecule has 1 aromatic rings. The number of hydrogen-bond acceptors (Lipinski definition) is 6. The third-order valence-corrected chi connectivity index (χ3v) is 3.45. The number of rotatable bonds is 6. The molecule has 0 bridgehead atoms. The van der Waals surface area contributed by atoms with Gasteiger partial charge in [0.15, 0.2) is 9.74 Å². The fourth-order valence-electron chi connectivity index (χ4n) is 1.13. The average molecular weight is 321 g/mol. The van der Waals surface area contributed by atoms with E-state index in [1.165, 1.54) is 0 Å². The summed E-state index contributed by atoms with van der Waals surface area (Å²) in [6, 6.07) is 0. The number of aromatic nitrogens is 1. The van der Waals surface area contributed by atoms with E-state index >= 15 is 0 Å². The van der Waals surface area contributed by atoms with Gasteiger partial charge in [0.1, 0.15) is 0 Å². The van der Waals surface area contributed by atoms with E-state index in [9.17, 15) is 10.1 Å². The molecule has 0 amide bonds. The van der Waals surface area contributed by atoms with Crippen LogP contribution in [0.15, 0.2) is 22.1 Å². The summed E-state index contributed by atoms with van der Waals surface area (Å²) in [5.41, 5.74) is 0. The van der Waals surface area contributed by atoms with Gasteiger partial charge < -0.3 is 10.2 Å². The summed E-state index contributed by atoms with van der Waals surface area (Å²) in [6.45, 7) is 0.631. The van der Waals surface area contributed by atoms with E-state index in [-0.39, 0.29) is 0 Å². The van der Waals surface area contributed by atoms with E-state index < -0.39 is 4.92 Å². The van der Waals surface area contributed by atoms with Crippen molar-refractivity contribution in [1.29, 1.82) is 0 Å². The van der Waals surface area contributed by atoms with Gasteiger partial charge >= 0.3 is 0 Å². The second-order valence-electron chi connectivity index (χ2n) is 3.45. The van der Waals surface area contributed by atoms with Crippen LogP contribution in [-0.2, 0) is 6.42 Å². The zero-order valence-electron chi connectivity index (χ0n) is 9.51. The molecule has 0 radical (unpaired) electrons. The minimum absolute atomic E-state index is 0.467. The molecule has 0 spiro atoms. The molecule has 0 atom stereocenters. The summed E-state index contributed by atoms with van der Waals surface area (Å²) in [6.07, 6.45) is 3.54. The number of thiazole rings is 1. The molecule has 94 valence electrons. The van der Waals surface area contributed by atoms with Crippen LogP contribution in [0.3, 0.4) is 0 Å². The number of halogens is 1. The number of nitrogens with zero attached hydrogens (tertiary/aromatic N) is 3. The van der Waals surface area contributed by atoms with Gasteiger partial charge in [-0.05, 0) is 15.9 Å².